The third kappa shape index (κ3) is 3.87. The van der Waals surface area contributed by atoms with Gasteiger partial charge in [0.05, 0.1) is 23.7 Å². The Hall–Kier alpha value is -2.89. The molecule has 3 unspecified atom stereocenters. The number of carbonyl (C=O) groups excluding carboxylic acids is 2. The van der Waals surface area contributed by atoms with Gasteiger partial charge in [0.2, 0.25) is 0 Å². The van der Waals surface area contributed by atoms with Gasteiger partial charge in [-0.15, -0.1) is 0 Å². The Bertz CT molecular complexity index is 1080. The van der Waals surface area contributed by atoms with Crippen LogP contribution in [0.25, 0.3) is 0 Å². The maximum absolute atomic E-state index is 13.3. The summed E-state index contributed by atoms with van der Waals surface area (Å²) in [5.74, 6) is -0.979. The van der Waals surface area contributed by atoms with Gasteiger partial charge in [-0.1, -0.05) is 30.3 Å². The summed E-state index contributed by atoms with van der Waals surface area (Å²) in [6, 6.07) is 9.64. The number of ketones is 1. The summed E-state index contributed by atoms with van der Waals surface area (Å²) in [5, 5.41) is 11.3. The zero-order valence-electron chi connectivity index (χ0n) is 18.0. The summed E-state index contributed by atoms with van der Waals surface area (Å²) < 4.78 is 11.0. The lowest BCUT2D eigenvalue weighted by Gasteiger charge is -2.25. The van der Waals surface area contributed by atoms with Crippen molar-refractivity contribution >= 4 is 11.8 Å². The molecule has 1 saturated carbocycles. The molecule has 1 aromatic carbocycles. The van der Waals surface area contributed by atoms with Crippen molar-refractivity contribution < 1.29 is 23.8 Å². The SMILES string of the molecule is O=C1CCCC(CC2CCCOC2=O)c2oc(=O)c(C(c3ccccc3)C3CC3)c(O)c21. The fourth-order valence-corrected chi connectivity index (χ4v) is 5.44. The summed E-state index contributed by atoms with van der Waals surface area (Å²) in [4.78, 5) is 38.5. The van der Waals surface area contributed by atoms with Crippen LogP contribution in [0.2, 0.25) is 0 Å². The zero-order valence-corrected chi connectivity index (χ0v) is 18.0. The molecule has 2 fully saturated rings. The second-order valence-corrected chi connectivity index (χ2v) is 9.37. The monoisotopic (exact) mass is 436 g/mol. The summed E-state index contributed by atoms with van der Waals surface area (Å²) in [6.45, 7) is 0.441. The number of hydrogen-bond donors (Lipinski definition) is 1. The average Bonchev–Trinajstić information content (AvgIpc) is 3.63. The summed E-state index contributed by atoms with van der Waals surface area (Å²) in [6.07, 6.45) is 5.49. The molecule has 2 aromatic rings. The number of cyclic esters (lactones) is 1. The molecule has 5 rings (SSSR count). The molecule has 168 valence electrons. The van der Waals surface area contributed by atoms with Crippen molar-refractivity contribution in [2.75, 3.05) is 6.61 Å². The number of esters is 1. The van der Waals surface area contributed by atoms with E-state index in [1.165, 1.54) is 0 Å². The molecular formula is C26H28O6. The van der Waals surface area contributed by atoms with Crippen LogP contribution in [0.1, 0.15) is 90.4 Å². The highest BCUT2D eigenvalue weighted by Crippen LogP contribution is 2.49. The van der Waals surface area contributed by atoms with E-state index in [1.807, 2.05) is 30.3 Å². The molecule has 1 saturated heterocycles. The van der Waals surface area contributed by atoms with Crippen molar-refractivity contribution in [3.05, 3.63) is 63.2 Å². The van der Waals surface area contributed by atoms with Crippen molar-refractivity contribution in [2.24, 2.45) is 11.8 Å². The van der Waals surface area contributed by atoms with Crippen LogP contribution in [0.3, 0.4) is 0 Å². The third-order valence-corrected chi connectivity index (χ3v) is 7.17. The van der Waals surface area contributed by atoms with Crippen molar-refractivity contribution in [2.45, 2.75) is 63.2 Å². The highest BCUT2D eigenvalue weighted by Gasteiger charge is 2.41. The van der Waals surface area contributed by atoms with Crippen LogP contribution in [0, 0.1) is 11.8 Å². The summed E-state index contributed by atoms with van der Waals surface area (Å²) >= 11 is 0. The first-order valence-corrected chi connectivity index (χ1v) is 11.7. The molecule has 2 aliphatic carbocycles. The Morgan fingerprint density at radius 1 is 0.969 bits per heavy atom. The van der Waals surface area contributed by atoms with Crippen LogP contribution in [-0.2, 0) is 9.53 Å². The molecule has 0 bridgehead atoms. The van der Waals surface area contributed by atoms with Crippen LogP contribution in [0.4, 0.5) is 0 Å². The number of rotatable bonds is 5. The summed E-state index contributed by atoms with van der Waals surface area (Å²) in [5.41, 5.74) is 0.712. The van der Waals surface area contributed by atoms with Gasteiger partial charge in [0.25, 0.3) is 0 Å². The lowest BCUT2D eigenvalue weighted by atomic mass is 9.83. The zero-order chi connectivity index (χ0) is 22.2. The molecule has 3 aliphatic rings. The quantitative estimate of drug-likeness (QED) is 0.540. The van der Waals surface area contributed by atoms with Gasteiger partial charge in [-0.2, -0.15) is 0 Å². The Balaban J connectivity index is 1.59. The van der Waals surface area contributed by atoms with E-state index in [0.29, 0.717) is 32.3 Å². The van der Waals surface area contributed by atoms with Crippen LogP contribution in [0.15, 0.2) is 39.5 Å². The number of Topliss-reactive ketones (excluding diaryl/α,β-unsaturated/α-hetero) is 1. The molecule has 1 N–H and O–H groups in total. The predicted octanol–water partition coefficient (Wildman–Crippen LogP) is 4.68. The Labute approximate surface area is 186 Å². The molecule has 0 amide bonds. The van der Waals surface area contributed by atoms with Gasteiger partial charge in [-0.25, -0.2) is 4.79 Å². The topological polar surface area (TPSA) is 93.8 Å². The summed E-state index contributed by atoms with van der Waals surface area (Å²) in [7, 11) is 0. The van der Waals surface area contributed by atoms with E-state index < -0.39 is 5.63 Å². The Morgan fingerprint density at radius 3 is 2.44 bits per heavy atom. The molecule has 2 heterocycles. The van der Waals surface area contributed by atoms with Gasteiger partial charge < -0.3 is 14.3 Å². The largest absolute Gasteiger partial charge is 0.506 e. The first kappa shape index (κ1) is 21.0. The fraction of sp³-hybridized carbons (Fsp3) is 0.500. The van der Waals surface area contributed by atoms with Crippen LogP contribution < -0.4 is 5.63 Å². The fourth-order valence-electron chi connectivity index (χ4n) is 5.44. The van der Waals surface area contributed by atoms with Gasteiger partial charge in [-0.3, -0.25) is 9.59 Å². The molecule has 6 heteroatoms. The van der Waals surface area contributed by atoms with Crippen molar-refractivity contribution in [1.82, 2.24) is 0 Å². The van der Waals surface area contributed by atoms with E-state index in [-0.39, 0.29) is 58.1 Å². The number of carbonyl (C=O) groups is 2. The number of aromatic hydroxyl groups is 1. The minimum Gasteiger partial charge on any atom is -0.506 e. The maximum Gasteiger partial charge on any atom is 0.343 e. The maximum atomic E-state index is 13.3. The van der Waals surface area contributed by atoms with E-state index in [9.17, 15) is 19.5 Å². The van der Waals surface area contributed by atoms with Crippen LogP contribution in [0.5, 0.6) is 5.75 Å². The highest BCUT2D eigenvalue weighted by molar-refractivity contribution is 6.00. The van der Waals surface area contributed by atoms with E-state index in [2.05, 4.69) is 0 Å². The van der Waals surface area contributed by atoms with Gasteiger partial charge in [0.15, 0.2) is 5.78 Å². The second kappa shape index (κ2) is 8.57. The molecule has 1 aliphatic heterocycles. The molecule has 3 atom stereocenters. The van der Waals surface area contributed by atoms with Crippen molar-refractivity contribution in [3.8, 4) is 5.75 Å². The minimum absolute atomic E-state index is 0.146. The minimum atomic E-state index is -0.576. The number of benzene rings is 1. The molecule has 0 radical (unpaired) electrons. The molecular weight excluding hydrogens is 408 g/mol. The Morgan fingerprint density at radius 2 is 1.72 bits per heavy atom. The molecule has 32 heavy (non-hydrogen) atoms. The first-order valence-electron chi connectivity index (χ1n) is 11.7. The molecule has 0 spiro atoms. The number of ether oxygens (including phenoxy) is 1. The van der Waals surface area contributed by atoms with E-state index in [0.717, 1.165) is 31.2 Å². The standard InChI is InChI=1S/C26H28O6/c27-19-10-4-8-17(14-18-9-5-13-31-25(18)29)24-21(19)23(28)22(26(30)32-24)20(16-11-12-16)15-6-2-1-3-7-15/h1-3,6-7,16-18,20,28H,4-5,8-14H2. The van der Waals surface area contributed by atoms with Gasteiger partial charge in [0.1, 0.15) is 11.5 Å². The molecule has 1 aromatic heterocycles. The lowest BCUT2D eigenvalue weighted by Crippen LogP contribution is -2.26. The van der Waals surface area contributed by atoms with Crippen LogP contribution in [-0.4, -0.2) is 23.5 Å². The second-order valence-electron chi connectivity index (χ2n) is 9.37. The predicted molar refractivity (Wildman–Crippen MR) is 117 cm³/mol. The lowest BCUT2D eigenvalue weighted by molar-refractivity contribution is -0.153. The molecule has 6 nitrogen and oxygen atoms in total. The first-order chi connectivity index (χ1) is 15.5. The average molecular weight is 437 g/mol. The van der Waals surface area contributed by atoms with Crippen molar-refractivity contribution in [3.63, 3.8) is 0 Å². The van der Waals surface area contributed by atoms with E-state index in [4.69, 9.17) is 9.15 Å². The smallest absolute Gasteiger partial charge is 0.343 e. The number of hydrogen-bond acceptors (Lipinski definition) is 6. The van der Waals surface area contributed by atoms with Gasteiger partial charge in [0, 0.05) is 18.3 Å². The third-order valence-electron chi connectivity index (χ3n) is 7.17. The highest BCUT2D eigenvalue weighted by atomic mass is 16.5. The van der Waals surface area contributed by atoms with Crippen LogP contribution >= 0.6 is 0 Å². The van der Waals surface area contributed by atoms with Gasteiger partial charge in [-0.05, 0) is 56.4 Å². The number of fused-ring (bicyclic) bond motifs is 1. The Kier molecular flexibility index (Phi) is 5.62. The van der Waals surface area contributed by atoms with Crippen molar-refractivity contribution in [1.29, 1.82) is 0 Å². The van der Waals surface area contributed by atoms with Gasteiger partial charge >= 0.3 is 11.6 Å². The normalized spacial score (nSPS) is 24.4. The van der Waals surface area contributed by atoms with E-state index in [1.54, 1.807) is 0 Å². The van der Waals surface area contributed by atoms with E-state index >= 15 is 0 Å².